The lowest BCUT2D eigenvalue weighted by Crippen LogP contribution is -2.39. The van der Waals surface area contributed by atoms with Crippen molar-refractivity contribution in [3.63, 3.8) is 0 Å². The third kappa shape index (κ3) is 5.55. The molecule has 0 saturated carbocycles. The van der Waals surface area contributed by atoms with Gasteiger partial charge in [0.25, 0.3) is 5.56 Å². The number of carbonyl (C=O) groups is 2. The number of hydrogen-bond donors (Lipinski definition) is 0. The molecule has 1 aromatic heterocycles. The highest BCUT2D eigenvalue weighted by Gasteiger charge is 2.33. The van der Waals surface area contributed by atoms with Crippen molar-refractivity contribution in [3.05, 3.63) is 137 Å². The van der Waals surface area contributed by atoms with Crippen LogP contribution < -0.4 is 14.9 Å². The van der Waals surface area contributed by atoms with Crippen LogP contribution in [0.5, 0.6) is 0 Å². The Balaban J connectivity index is 1.62. The van der Waals surface area contributed by atoms with Crippen LogP contribution in [-0.2, 0) is 20.9 Å². The maximum absolute atomic E-state index is 13.8. The number of aromatic nitrogens is 1. The van der Waals surface area contributed by atoms with E-state index in [0.29, 0.717) is 26.2 Å². The first kappa shape index (κ1) is 26.5. The summed E-state index contributed by atoms with van der Waals surface area (Å²) in [5, 5.41) is 0. The Morgan fingerprint density at radius 1 is 1.03 bits per heavy atom. The summed E-state index contributed by atoms with van der Waals surface area (Å²) in [6, 6.07) is 22.9. The molecular formula is C30H23BrN2O5S. The van der Waals surface area contributed by atoms with E-state index in [2.05, 4.69) is 20.9 Å². The van der Waals surface area contributed by atoms with Crippen molar-refractivity contribution in [2.75, 3.05) is 7.11 Å². The molecule has 7 nitrogen and oxygen atoms in total. The lowest BCUT2D eigenvalue weighted by atomic mass is 9.95. The predicted molar refractivity (Wildman–Crippen MR) is 152 cm³/mol. The molecule has 3 aromatic carbocycles. The summed E-state index contributed by atoms with van der Waals surface area (Å²) in [6.45, 7) is 1.82. The van der Waals surface area contributed by atoms with Crippen LogP contribution in [0.2, 0.25) is 0 Å². The van der Waals surface area contributed by atoms with Crippen LogP contribution in [-0.4, -0.2) is 23.6 Å². The van der Waals surface area contributed by atoms with Gasteiger partial charge in [0.05, 0.1) is 34.5 Å². The minimum Gasteiger partial charge on any atom is -0.465 e. The zero-order valence-electron chi connectivity index (χ0n) is 21.1. The van der Waals surface area contributed by atoms with Gasteiger partial charge in [-0.2, -0.15) is 0 Å². The summed E-state index contributed by atoms with van der Waals surface area (Å²) in [4.78, 5) is 44.4. The van der Waals surface area contributed by atoms with E-state index < -0.39 is 18.0 Å². The zero-order chi connectivity index (χ0) is 27.5. The molecular weight excluding hydrogens is 580 g/mol. The van der Waals surface area contributed by atoms with Gasteiger partial charge in [-0.1, -0.05) is 81.9 Å². The number of benzene rings is 3. The molecule has 0 fully saturated rings. The van der Waals surface area contributed by atoms with Gasteiger partial charge in [0.2, 0.25) is 0 Å². The Bertz CT molecular complexity index is 1770. The Morgan fingerprint density at radius 2 is 1.77 bits per heavy atom. The van der Waals surface area contributed by atoms with Gasteiger partial charge < -0.3 is 9.47 Å². The van der Waals surface area contributed by atoms with Gasteiger partial charge in [-0.05, 0) is 54.0 Å². The first-order chi connectivity index (χ1) is 18.9. The molecule has 1 atom stereocenters. The summed E-state index contributed by atoms with van der Waals surface area (Å²) in [5.41, 5.74) is 3.14. The average molecular weight is 603 g/mol. The molecule has 0 amide bonds. The number of fused-ring (bicyclic) bond motifs is 1. The number of carbonyl (C=O) groups excluding carboxylic acids is 2. The van der Waals surface area contributed by atoms with Gasteiger partial charge in [-0.3, -0.25) is 9.36 Å². The molecule has 2 heterocycles. The number of esters is 2. The van der Waals surface area contributed by atoms with Crippen LogP contribution in [0.3, 0.4) is 0 Å². The molecule has 0 saturated heterocycles. The van der Waals surface area contributed by atoms with E-state index in [9.17, 15) is 14.4 Å². The molecule has 1 aliphatic rings. The van der Waals surface area contributed by atoms with Gasteiger partial charge >= 0.3 is 11.9 Å². The Labute approximate surface area is 236 Å². The molecule has 0 bridgehead atoms. The first-order valence-electron chi connectivity index (χ1n) is 12.0. The van der Waals surface area contributed by atoms with Crippen molar-refractivity contribution in [2.24, 2.45) is 4.99 Å². The van der Waals surface area contributed by atoms with E-state index in [1.54, 1.807) is 37.3 Å². The normalized spacial score (nSPS) is 14.9. The van der Waals surface area contributed by atoms with E-state index in [-0.39, 0.29) is 17.7 Å². The molecule has 4 aromatic rings. The summed E-state index contributed by atoms with van der Waals surface area (Å²) in [7, 11) is 1.31. The van der Waals surface area contributed by atoms with Crippen molar-refractivity contribution in [2.45, 2.75) is 19.6 Å². The second-order valence-electron chi connectivity index (χ2n) is 8.81. The smallest absolute Gasteiger partial charge is 0.338 e. The van der Waals surface area contributed by atoms with Gasteiger partial charge in [-0.25, -0.2) is 14.6 Å². The number of hydrogen-bond acceptors (Lipinski definition) is 7. The first-order valence-corrected chi connectivity index (χ1v) is 13.6. The van der Waals surface area contributed by atoms with E-state index >= 15 is 0 Å². The van der Waals surface area contributed by atoms with Crippen LogP contribution in [0.4, 0.5) is 0 Å². The number of rotatable bonds is 6. The third-order valence-corrected chi connectivity index (χ3v) is 7.72. The number of halogens is 1. The Hall–Kier alpha value is -4.08. The highest BCUT2D eigenvalue weighted by molar-refractivity contribution is 9.10. The fourth-order valence-electron chi connectivity index (χ4n) is 4.37. The standard InChI is InChI=1S/C30H23BrN2O5S/c1-18-25(29(36)38-17-19-7-4-3-5-8-19)26(21-11-13-22(14-12-21)28(35)37-2)33-27(34)24(39-30(33)32-18)16-20-9-6-10-23(31)15-20/h3-16,26H,17H2,1-2H3. The van der Waals surface area contributed by atoms with Crippen molar-refractivity contribution in [1.82, 2.24) is 4.57 Å². The van der Waals surface area contributed by atoms with Crippen LogP contribution in [0.25, 0.3) is 6.08 Å². The minimum absolute atomic E-state index is 0.0811. The molecule has 0 aliphatic carbocycles. The number of nitrogens with zero attached hydrogens (tertiary/aromatic N) is 2. The molecule has 1 unspecified atom stereocenters. The Kier molecular flexibility index (Phi) is 7.72. The van der Waals surface area contributed by atoms with Crippen molar-refractivity contribution in [3.8, 4) is 0 Å². The molecule has 5 rings (SSSR count). The van der Waals surface area contributed by atoms with Crippen molar-refractivity contribution >= 4 is 45.3 Å². The molecule has 9 heteroatoms. The molecule has 39 heavy (non-hydrogen) atoms. The molecule has 1 aliphatic heterocycles. The second kappa shape index (κ2) is 11.3. The fraction of sp³-hybridized carbons (Fsp3) is 0.133. The van der Waals surface area contributed by atoms with E-state index in [1.165, 1.54) is 23.0 Å². The highest BCUT2D eigenvalue weighted by atomic mass is 79.9. The maximum Gasteiger partial charge on any atom is 0.338 e. The van der Waals surface area contributed by atoms with Crippen LogP contribution >= 0.6 is 27.3 Å². The summed E-state index contributed by atoms with van der Waals surface area (Å²) in [5.74, 6) is -1.04. The molecule has 0 radical (unpaired) electrons. The van der Waals surface area contributed by atoms with Gasteiger partial charge in [-0.15, -0.1) is 0 Å². The number of allylic oxidation sites excluding steroid dienone is 1. The largest absolute Gasteiger partial charge is 0.465 e. The lowest BCUT2D eigenvalue weighted by Gasteiger charge is -2.25. The fourth-order valence-corrected chi connectivity index (χ4v) is 5.83. The van der Waals surface area contributed by atoms with Crippen LogP contribution in [0.1, 0.15) is 40.0 Å². The van der Waals surface area contributed by atoms with Gasteiger partial charge in [0.15, 0.2) is 4.80 Å². The van der Waals surface area contributed by atoms with Gasteiger partial charge in [0, 0.05) is 4.47 Å². The average Bonchev–Trinajstić information content (AvgIpc) is 3.25. The second-order valence-corrected chi connectivity index (χ2v) is 10.7. The van der Waals surface area contributed by atoms with Crippen LogP contribution in [0, 0.1) is 0 Å². The van der Waals surface area contributed by atoms with Gasteiger partial charge in [0.1, 0.15) is 6.61 Å². The van der Waals surface area contributed by atoms with E-state index in [1.807, 2.05) is 54.6 Å². The maximum atomic E-state index is 13.8. The topological polar surface area (TPSA) is 87.0 Å². The monoisotopic (exact) mass is 602 g/mol. The summed E-state index contributed by atoms with van der Waals surface area (Å²) < 4.78 is 13.4. The minimum atomic E-state index is -0.791. The SMILES string of the molecule is COC(=O)c1ccc(C2C(C(=O)OCc3ccccc3)=C(C)N=c3sc(=Cc4cccc(Br)c4)c(=O)n32)cc1. The number of methoxy groups -OCH3 is 1. The third-order valence-electron chi connectivity index (χ3n) is 6.25. The van der Waals surface area contributed by atoms with E-state index in [0.717, 1.165) is 15.6 Å². The van der Waals surface area contributed by atoms with E-state index in [4.69, 9.17) is 9.47 Å². The lowest BCUT2D eigenvalue weighted by molar-refractivity contribution is -0.140. The quantitative estimate of drug-likeness (QED) is 0.303. The number of thiazole rings is 1. The molecule has 0 N–H and O–H groups in total. The molecule has 0 spiro atoms. The summed E-state index contributed by atoms with van der Waals surface area (Å²) in [6.07, 6.45) is 1.80. The van der Waals surface area contributed by atoms with Crippen molar-refractivity contribution in [1.29, 1.82) is 0 Å². The number of ether oxygens (including phenoxy) is 2. The predicted octanol–water partition coefficient (Wildman–Crippen LogP) is 4.53. The summed E-state index contributed by atoms with van der Waals surface area (Å²) >= 11 is 4.72. The Morgan fingerprint density at radius 3 is 2.46 bits per heavy atom. The van der Waals surface area contributed by atoms with Crippen molar-refractivity contribution < 1.29 is 19.1 Å². The highest BCUT2D eigenvalue weighted by Crippen LogP contribution is 2.31. The molecule has 196 valence electrons. The zero-order valence-corrected chi connectivity index (χ0v) is 23.5. The van der Waals surface area contributed by atoms with Crippen LogP contribution in [0.15, 0.2) is 104 Å².